The van der Waals surface area contributed by atoms with Crippen molar-refractivity contribution >= 4 is 40.4 Å². The third-order valence-corrected chi connectivity index (χ3v) is 3.63. The third-order valence-electron chi connectivity index (χ3n) is 3.42. The molecule has 0 aromatic heterocycles. The first-order valence-corrected chi connectivity index (χ1v) is 9.90. The molecule has 0 radical (unpaired) electrons. The molecule has 0 aliphatic carbocycles. The Labute approximate surface area is 173 Å². The molecule has 2 aromatic rings. The fourth-order valence-corrected chi connectivity index (χ4v) is 2.40. The van der Waals surface area contributed by atoms with Crippen molar-refractivity contribution in [1.82, 2.24) is 5.32 Å². The largest absolute Gasteiger partial charge is 0.359 e. The van der Waals surface area contributed by atoms with Crippen LogP contribution < -0.4 is 16.0 Å². The molecular weight excluding hydrogens is 368 g/mol. The maximum absolute atomic E-state index is 10.9. The lowest BCUT2D eigenvalue weighted by Crippen LogP contribution is -2.28. The van der Waals surface area contributed by atoms with E-state index >= 15 is 0 Å². The summed E-state index contributed by atoms with van der Waals surface area (Å²) in [6, 6.07) is 19.7. The van der Waals surface area contributed by atoms with E-state index in [4.69, 9.17) is 12.2 Å². The maximum Gasteiger partial charge on any atom is 0.224 e. The number of amides is 1. The van der Waals surface area contributed by atoms with E-state index in [0.717, 1.165) is 23.6 Å². The number of carbonyl (C=O) groups is 1. The van der Waals surface area contributed by atoms with Gasteiger partial charge in [0.15, 0.2) is 5.11 Å². The summed E-state index contributed by atoms with van der Waals surface area (Å²) in [5, 5.41) is 9.63. The quantitative estimate of drug-likeness (QED) is 0.367. The number of thiocarbonyl (C=S) groups is 1. The van der Waals surface area contributed by atoms with Gasteiger partial charge < -0.3 is 16.0 Å². The van der Waals surface area contributed by atoms with E-state index in [1.807, 2.05) is 88.4 Å². The zero-order valence-electron chi connectivity index (χ0n) is 17.0. The molecule has 0 spiro atoms. The first-order chi connectivity index (χ1) is 13.4. The van der Waals surface area contributed by atoms with Crippen molar-refractivity contribution in [2.45, 2.75) is 46.6 Å². The minimum atomic E-state index is 0.0520. The van der Waals surface area contributed by atoms with Gasteiger partial charge in [0.1, 0.15) is 5.84 Å². The molecule has 0 heterocycles. The summed E-state index contributed by atoms with van der Waals surface area (Å²) in [7, 11) is 0. The fraction of sp³-hybridized carbons (Fsp3) is 0.318. The molecule has 0 unspecified atom stereocenters. The second-order valence-electron chi connectivity index (χ2n) is 6.28. The van der Waals surface area contributed by atoms with Gasteiger partial charge in [0, 0.05) is 30.3 Å². The molecule has 150 valence electrons. The summed E-state index contributed by atoms with van der Waals surface area (Å²) >= 11 is 5.15. The Balaban J connectivity index is 0.000000307. The summed E-state index contributed by atoms with van der Waals surface area (Å²) < 4.78 is 0. The van der Waals surface area contributed by atoms with Gasteiger partial charge in [-0.25, -0.2) is 4.99 Å². The van der Waals surface area contributed by atoms with Gasteiger partial charge in [-0.3, -0.25) is 4.79 Å². The summed E-state index contributed by atoms with van der Waals surface area (Å²) in [6.45, 7) is 7.96. The van der Waals surface area contributed by atoms with Gasteiger partial charge in [-0.1, -0.05) is 50.2 Å². The van der Waals surface area contributed by atoms with Crippen LogP contribution >= 0.6 is 12.2 Å². The third kappa shape index (κ3) is 10.4. The van der Waals surface area contributed by atoms with Crippen molar-refractivity contribution in [3.05, 3.63) is 60.7 Å². The van der Waals surface area contributed by atoms with Crippen LogP contribution in [0.1, 0.15) is 40.5 Å². The SMILES string of the molecule is CCC(=NC(=S)NC(C)C)Nc1ccccc1.CCC(=O)Nc1ccccc1. The van der Waals surface area contributed by atoms with Gasteiger partial charge in [0.25, 0.3) is 0 Å². The van der Waals surface area contributed by atoms with E-state index in [-0.39, 0.29) is 5.91 Å². The van der Waals surface area contributed by atoms with E-state index in [2.05, 4.69) is 20.9 Å². The number of rotatable bonds is 5. The zero-order chi connectivity index (χ0) is 20.8. The average molecular weight is 399 g/mol. The Kier molecular flexibility index (Phi) is 11.2. The van der Waals surface area contributed by atoms with Gasteiger partial charge in [0.2, 0.25) is 5.91 Å². The molecular formula is C22H30N4OS. The summed E-state index contributed by atoms with van der Waals surface area (Å²) in [5.74, 6) is 0.922. The molecule has 0 saturated heterocycles. The van der Waals surface area contributed by atoms with E-state index in [9.17, 15) is 4.79 Å². The lowest BCUT2D eigenvalue weighted by Gasteiger charge is -2.11. The first-order valence-electron chi connectivity index (χ1n) is 9.49. The maximum atomic E-state index is 10.9. The summed E-state index contributed by atoms with van der Waals surface area (Å²) in [5.41, 5.74) is 1.89. The van der Waals surface area contributed by atoms with Crippen molar-refractivity contribution in [2.75, 3.05) is 10.6 Å². The molecule has 0 atom stereocenters. The van der Waals surface area contributed by atoms with Gasteiger partial charge in [-0.05, 0) is 50.3 Å². The lowest BCUT2D eigenvalue weighted by molar-refractivity contribution is -0.115. The Morgan fingerprint density at radius 1 is 0.893 bits per heavy atom. The second-order valence-corrected chi connectivity index (χ2v) is 6.66. The van der Waals surface area contributed by atoms with Crippen LogP contribution in [-0.2, 0) is 4.79 Å². The number of benzene rings is 2. The number of hydrogen-bond donors (Lipinski definition) is 3. The van der Waals surface area contributed by atoms with Crippen molar-refractivity contribution in [2.24, 2.45) is 4.99 Å². The van der Waals surface area contributed by atoms with Crippen LogP contribution in [0.15, 0.2) is 65.7 Å². The standard InChI is InChI=1S/C13H19N3S.C9H11NO/c1-4-12(16-13(17)14-10(2)3)15-11-8-6-5-7-9-11;1-2-9(11)10-8-6-4-3-5-7-8/h5-10H,4H2,1-3H3,(H2,14,15,16,17);3-7H,2H2,1H3,(H,10,11). The van der Waals surface area contributed by atoms with Crippen molar-refractivity contribution < 1.29 is 4.79 Å². The fourth-order valence-electron chi connectivity index (χ4n) is 2.06. The van der Waals surface area contributed by atoms with E-state index < -0.39 is 0 Å². The van der Waals surface area contributed by atoms with Crippen LogP contribution in [0.2, 0.25) is 0 Å². The molecule has 3 N–H and O–H groups in total. The highest BCUT2D eigenvalue weighted by Crippen LogP contribution is 2.06. The molecule has 5 nitrogen and oxygen atoms in total. The Morgan fingerprint density at radius 2 is 1.39 bits per heavy atom. The Bertz CT molecular complexity index is 746. The zero-order valence-corrected chi connectivity index (χ0v) is 17.8. The van der Waals surface area contributed by atoms with Crippen LogP contribution in [0.4, 0.5) is 11.4 Å². The predicted octanol–water partition coefficient (Wildman–Crippen LogP) is 5.23. The Morgan fingerprint density at radius 3 is 1.82 bits per heavy atom. The van der Waals surface area contributed by atoms with Crippen molar-refractivity contribution in [3.8, 4) is 0 Å². The van der Waals surface area contributed by atoms with Crippen molar-refractivity contribution in [3.63, 3.8) is 0 Å². The van der Waals surface area contributed by atoms with E-state index in [1.54, 1.807) is 0 Å². The van der Waals surface area contributed by atoms with Gasteiger partial charge in [-0.2, -0.15) is 0 Å². The lowest BCUT2D eigenvalue weighted by atomic mass is 10.3. The van der Waals surface area contributed by atoms with E-state index in [0.29, 0.717) is 17.6 Å². The van der Waals surface area contributed by atoms with Crippen molar-refractivity contribution in [1.29, 1.82) is 0 Å². The molecule has 0 bridgehead atoms. The minimum Gasteiger partial charge on any atom is -0.359 e. The molecule has 2 rings (SSSR count). The number of hydrogen-bond acceptors (Lipinski definition) is 2. The summed E-state index contributed by atoms with van der Waals surface area (Å²) in [4.78, 5) is 15.2. The molecule has 2 aromatic carbocycles. The van der Waals surface area contributed by atoms with Crippen LogP contribution in [-0.4, -0.2) is 22.9 Å². The average Bonchev–Trinajstić information content (AvgIpc) is 2.69. The molecule has 28 heavy (non-hydrogen) atoms. The van der Waals surface area contributed by atoms with E-state index in [1.165, 1.54) is 0 Å². The van der Waals surface area contributed by atoms with Gasteiger partial charge in [-0.15, -0.1) is 0 Å². The number of anilines is 2. The van der Waals surface area contributed by atoms with Crippen LogP contribution in [0.3, 0.4) is 0 Å². The predicted molar refractivity (Wildman–Crippen MR) is 124 cm³/mol. The topological polar surface area (TPSA) is 65.5 Å². The highest BCUT2D eigenvalue weighted by Gasteiger charge is 2.01. The number of carbonyl (C=O) groups excluding carboxylic acids is 1. The number of nitrogens with one attached hydrogen (secondary N) is 3. The molecule has 0 aliphatic rings. The minimum absolute atomic E-state index is 0.0520. The highest BCUT2D eigenvalue weighted by molar-refractivity contribution is 7.80. The van der Waals surface area contributed by atoms with Crippen LogP contribution in [0.5, 0.6) is 0 Å². The normalized spacial score (nSPS) is 10.5. The number of amidine groups is 1. The molecule has 0 fully saturated rings. The number of nitrogens with zero attached hydrogens (tertiary/aromatic N) is 1. The van der Waals surface area contributed by atoms with Gasteiger partial charge >= 0.3 is 0 Å². The van der Waals surface area contributed by atoms with Crippen LogP contribution in [0.25, 0.3) is 0 Å². The number of aliphatic imine (C=N–C) groups is 1. The molecule has 6 heteroatoms. The summed E-state index contributed by atoms with van der Waals surface area (Å²) in [6.07, 6.45) is 1.34. The molecule has 0 aliphatic heterocycles. The van der Waals surface area contributed by atoms with Gasteiger partial charge in [0.05, 0.1) is 0 Å². The highest BCUT2D eigenvalue weighted by atomic mass is 32.1. The molecule has 1 amide bonds. The monoisotopic (exact) mass is 398 g/mol. The smallest absolute Gasteiger partial charge is 0.224 e. The first kappa shape index (κ1) is 23.3. The number of para-hydroxylation sites is 2. The second kappa shape index (κ2) is 13.4. The van der Waals surface area contributed by atoms with Crippen LogP contribution in [0, 0.1) is 0 Å². The molecule has 0 saturated carbocycles. The Hall–Kier alpha value is -2.73.